The molecular weight excluding hydrogens is 320 g/mol. The fourth-order valence-electron chi connectivity index (χ4n) is 2.42. The van der Waals surface area contributed by atoms with Crippen molar-refractivity contribution >= 4 is 29.3 Å². The topological polar surface area (TPSA) is 91.8 Å². The fraction of sp³-hybridized carbons (Fsp3) is 0.105. The van der Waals surface area contributed by atoms with Gasteiger partial charge in [-0.05, 0) is 24.3 Å². The van der Waals surface area contributed by atoms with Crippen LogP contribution in [0.3, 0.4) is 0 Å². The summed E-state index contributed by atoms with van der Waals surface area (Å²) in [6.45, 7) is -0.0452. The maximum atomic E-state index is 12.0. The lowest BCUT2D eigenvalue weighted by molar-refractivity contribution is 0.0992. The van der Waals surface area contributed by atoms with Gasteiger partial charge in [0.1, 0.15) is 18.5 Å². The second-order valence-corrected chi connectivity index (χ2v) is 5.36. The number of rotatable bonds is 6. The molecule has 1 amide bonds. The molecule has 6 nitrogen and oxygen atoms in total. The second-order valence-electron chi connectivity index (χ2n) is 5.36. The van der Waals surface area contributed by atoms with Crippen LogP contribution in [0, 0.1) is 0 Å². The van der Waals surface area contributed by atoms with E-state index in [4.69, 9.17) is 4.74 Å². The van der Waals surface area contributed by atoms with Gasteiger partial charge in [0.05, 0.1) is 5.56 Å². The summed E-state index contributed by atoms with van der Waals surface area (Å²) >= 11 is 0. The van der Waals surface area contributed by atoms with Gasteiger partial charge in [0, 0.05) is 28.9 Å². The molecular formula is C19H16N2O4. The van der Waals surface area contributed by atoms with Crippen molar-refractivity contribution in [3.8, 4) is 5.75 Å². The number of hydrogen-bond acceptors (Lipinski definition) is 4. The normalized spacial score (nSPS) is 12.4. The van der Waals surface area contributed by atoms with E-state index in [0.717, 1.165) is 17.1 Å². The molecule has 2 aromatic carbocycles. The number of ether oxygens (including phenoxy) is 1. The predicted molar refractivity (Wildman–Crippen MR) is 94.5 cm³/mol. The van der Waals surface area contributed by atoms with Gasteiger partial charge in [-0.3, -0.25) is 9.59 Å². The standard InChI is InChI=1S/C19H16N2O4/c22-11-13-4-1-2-5-15(13)19(24)21-10-14(23)12-25-18-7-3-6-17-16(18)8-9-20-17/h1-11,14,20,23H,12H2. The Bertz CT molecular complexity index is 930. The Morgan fingerprint density at radius 1 is 1.20 bits per heavy atom. The number of carbonyl (C=O) groups is 2. The lowest BCUT2D eigenvalue weighted by atomic mass is 10.1. The van der Waals surface area contributed by atoms with Gasteiger partial charge < -0.3 is 14.8 Å². The highest BCUT2D eigenvalue weighted by atomic mass is 16.5. The van der Waals surface area contributed by atoms with Crippen LogP contribution in [0.5, 0.6) is 5.75 Å². The lowest BCUT2D eigenvalue weighted by Crippen LogP contribution is -2.19. The maximum absolute atomic E-state index is 12.0. The fourth-order valence-corrected chi connectivity index (χ4v) is 2.42. The van der Waals surface area contributed by atoms with Crippen LogP contribution in [0.4, 0.5) is 0 Å². The Hall–Kier alpha value is -3.25. The van der Waals surface area contributed by atoms with Crippen LogP contribution >= 0.6 is 0 Å². The van der Waals surface area contributed by atoms with E-state index in [-0.39, 0.29) is 17.7 Å². The molecule has 0 spiro atoms. The molecule has 0 bridgehead atoms. The Morgan fingerprint density at radius 3 is 2.88 bits per heavy atom. The van der Waals surface area contributed by atoms with Crippen molar-refractivity contribution in [2.75, 3.05) is 6.61 Å². The number of fused-ring (bicyclic) bond motifs is 1. The highest BCUT2D eigenvalue weighted by Crippen LogP contribution is 2.24. The number of aromatic amines is 1. The van der Waals surface area contributed by atoms with Gasteiger partial charge in [-0.25, -0.2) is 4.99 Å². The van der Waals surface area contributed by atoms with Crippen molar-refractivity contribution in [1.29, 1.82) is 0 Å². The molecule has 0 radical (unpaired) electrons. The minimum atomic E-state index is -1.05. The third kappa shape index (κ3) is 3.81. The summed E-state index contributed by atoms with van der Waals surface area (Å²) in [5.41, 5.74) is 1.38. The van der Waals surface area contributed by atoms with Gasteiger partial charge in [-0.15, -0.1) is 0 Å². The first-order valence-electron chi connectivity index (χ1n) is 7.68. The molecule has 0 saturated carbocycles. The Labute approximate surface area is 143 Å². The molecule has 0 aliphatic rings. The number of hydrogen-bond donors (Lipinski definition) is 2. The van der Waals surface area contributed by atoms with E-state index in [1.807, 2.05) is 18.2 Å². The molecule has 126 valence electrons. The quantitative estimate of drug-likeness (QED) is 0.535. The first-order chi connectivity index (χ1) is 12.2. The number of aliphatic hydroxyl groups excluding tert-OH is 1. The summed E-state index contributed by atoms with van der Waals surface area (Å²) in [6.07, 6.45) is 2.46. The Balaban J connectivity index is 1.63. The number of aromatic nitrogens is 1. The summed E-state index contributed by atoms with van der Waals surface area (Å²) in [7, 11) is 0. The number of H-pyrrole nitrogens is 1. The smallest absolute Gasteiger partial charge is 0.277 e. The summed E-state index contributed by atoms with van der Waals surface area (Å²) < 4.78 is 5.59. The lowest BCUT2D eigenvalue weighted by Gasteiger charge is -2.09. The van der Waals surface area contributed by atoms with Crippen molar-refractivity contribution in [2.24, 2.45) is 4.99 Å². The average Bonchev–Trinajstić information content (AvgIpc) is 3.13. The van der Waals surface area contributed by atoms with Crippen molar-refractivity contribution in [3.05, 3.63) is 65.9 Å². The average molecular weight is 336 g/mol. The number of benzene rings is 2. The van der Waals surface area contributed by atoms with Crippen LogP contribution in [0.15, 0.2) is 59.7 Å². The molecule has 1 unspecified atom stereocenters. The third-order valence-corrected chi connectivity index (χ3v) is 3.65. The maximum Gasteiger partial charge on any atom is 0.277 e. The molecule has 0 fully saturated rings. The molecule has 3 aromatic rings. The number of nitrogens with one attached hydrogen (secondary N) is 1. The first kappa shape index (κ1) is 16.6. The van der Waals surface area contributed by atoms with Gasteiger partial charge in [0.2, 0.25) is 0 Å². The van der Waals surface area contributed by atoms with E-state index in [1.165, 1.54) is 12.1 Å². The van der Waals surface area contributed by atoms with Crippen LogP contribution < -0.4 is 4.74 Å². The number of aliphatic imine (C=N–C) groups is 1. The van der Waals surface area contributed by atoms with E-state index in [0.29, 0.717) is 12.0 Å². The van der Waals surface area contributed by atoms with Crippen molar-refractivity contribution in [3.63, 3.8) is 0 Å². The molecule has 0 saturated heterocycles. The molecule has 6 heteroatoms. The monoisotopic (exact) mass is 336 g/mol. The molecule has 3 rings (SSSR count). The number of amides is 1. The second kappa shape index (κ2) is 7.55. The largest absolute Gasteiger partial charge is 0.490 e. The molecule has 0 aliphatic heterocycles. The zero-order valence-corrected chi connectivity index (χ0v) is 13.3. The predicted octanol–water partition coefficient (Wildman–Crippen LogP) is 2.63. The summed E-state index contributed by atoms with van der Waals surface area (Å²) in [5, 5.41) is 10.9. The molecule has 1 atom stereocenters. The zero-order chi connectivity index (χ0) is 17.6. The van der Waals surface area contributed by atoms with Crippen LogP contribution in [-0.2, 0) is 0 Å². The first-order valence-corrected chi connectivity index (χ1v) is 7.68. The van der Waals surface area contributed by atoms with E-state index >= 15 is 0 Å². The van der Waals surface area contributed by atoms with E-state index in [2.05, 4.69) is 9.98 Å². The third-order valence-electron chi connectivity index (χ3n) is 3.65. The molecule has 0 aliphatic carbocycles. The number of aldehydes is 1. The van der Waals surface area contributed by atoms with E-state index in [9.17, 15) is 14.7 Å². The van der Waals surface area contributed by atoms with Crippen molar-refractivity contribution in [1.82, 2.24) is 4.98 Å². The Kier molecular flexibility index (Phi) is 5.01. The van der Waals surface area contributed by atoms with Crippen molar-refractivity contribution in [2.45, 2.75) is 6.10 Å². The van der Waals surface area contributed by atoms with Gasteiger partial charge in [0.25, 0.3) is 5.91 Å². The molecule has 25 heavy (non-hydrogen) atoms. The van der Waals surface area contributed by atoms with Crippen LogP contribution in [0.1, 0.15) is 20.7 Å². The van der Waals surface area contributed by atoms with Gasteiger partial charge in [-0.2, -0.15) is 0 Å². The molecule has 2 N–H and O–H groups in total. The van der Waals surface area contributed by atoms with Crippen LogP contribution in [-0.4, -0.2) is 41.2 Å². The summed E-state index contributed by atoms with van der Waals surface area (Å²) in [5.74, 6) is 0.0401. The van der Waals surface area contributed by atoms with Gasteiger partial charge in [0.15, 0.2) is 6.29 Å². The van der Waals surface area contributed by atoms with Gasteiger partial charge in [-0.1, -0.05) is 24.3 Å². The van der Waals surface area contributed by atoms with Crippen LogP contribution in [0.25, 0.3) is 10.9 Å². The minimum absolute atomic E-state index is 0.0452. The minimum Gasteiger partial charge on any atom is -0.490 e. The molecule has 1 aromatic heterocycles. The van der Waals surface area contributed by atoms with Gasteiger partial charge >= 0.3 is 0 Å². The molecule has 1 heterocycles. The summed E-state index contributed by atoms with van der Waals surface area (Å²) in [6, 6.07) is 13.8. The van der Waals surface area contributed by atoms with Crippen molar-refractivity contribution < 1.29 is 19.4 Å². The highest BCUT2D eigenvalue weighted by molar-refractivity contribution is 6.04. The Morgan fingerprint density at radius 2 is 2.04 bits per heavy atom. The summed E-state index contributed by atoms with van der Waals surface area (Å²) in [4.78, 5) is 29.8. The van der Waals surface area contributed by atoms with E-state index in [1.54, 1.807) is 24.4 Å². The number of carbonyl (C=O) groups excluding carboxylic acids is 2. The van der Waals surface area contributed by atoms with Crippen LogP contribution in [0.2, 0.25) is 0 Å². The number of nitrogens with zero attached hydrogens (tertiary/aromatic N) is 1. The highest BCUT2D eigenvalue weighted by Gasteiger charge is 2.10. The number of aliphatic hydroxyl groups is 1. The van der Waals surface area contributed by atoms with E-state index < -0.39 is 12.0 Å². The zero-order valence-electron chi connectivity index (χ0n) is 13.3. The SMILES string of the molecule is O=Cc1ccccc1C(=O)N=CC(O)COc1cccc2[nH]ccc12.